The van der Waals surface area contributed by atoms with Crippen molar-refractivity contribution in [1.29, 1.82) is 0 Å². The van der Waals surface area contributed by atoms with Gasteiger partial charge in [-0.05, 0) is 26.2 Å². The first-order valence-corrected chi connectivity index (χ1v) is 7.05. The second-order valence-corrected chi connectivity index (χ2v) is 5.67. The molecule has 1 aliphatic heterocycles. The van der Waals surface area contributed by atoms with Crippen molar-refractivity contribution in [2.24, 2.45) is 0 Å². The van der Waals surface area contributed by atoms with Crippen LogP contribution in [0.25, 0.3) is 0 Å². The second-order valence-electron chi connectivity index (χ2n) is 5.67. The second kappa shape index (κ2) is 5.87. The van der Waals surface area contributed by atoms with Gasteiger partial charge in [-0.3, -0.25) is 4.90 Å². The van der Waals surface area contributed by atoms with Crippen LogP contribution in [0.3, 0.4) is 0 Å². The Kier molecular flexibility index (Phi) is 3.94. The topological polar surface area (TPSA) is 47.7 Å². The molecule has 1 aromatic heterocycles. The molecule has 1 aliphatic rings. The van der Waals surface area contributed by atoms with Gasteiger partial charge in [0.2, 0.25) is 0 Å². The number of nitrogens with zero attached hydrogens (tertiary/aromatic N) is 2. The van der Waals surface area contributed by atoms with Crippen molar-refractivity contribution in [1.82, 2.24) is 10.1 Å². The van der Waals surface area contributed by atoms with Crippen molar-refractivity contribution in [3.05, 3.63) is 47.9 Å². The molecule has 0 spiro atoms. The maximum atomic E-state index is 5.65. The predicted octanol–water partition coefficient (Wildman–Crippen LogP) is 2.13. The van der Waals surface area contributed by atoms with Gasteiger partial charge in [-0.2, -0.15) is 0 Å². The summed E-state index contributed by atoms with van der Waals surface area (Å²) in [5.41, 5.74) is 0.993. The standard InChI is InChI=1S/C16H20N2O3/c1-18(2)16(11-19-12-16)9-13-8-15(21-17-13)10-20-14-6-4-3-5-7-14/h3-8H,9-12H2,1-2H3. The number of benzene rings is 1. The van der Waals surface area contributed by atoms with Crippen molar-refractivity contribution < 1.29 is 14.0 Å². The SMILES string of the molecule is CN(C)C1(Cc2cc(COc3ccccc3)on2)COC1. The summed E-state index contributed by atoms with van der Waals surface area (Å²) in [7, 11) is 4.14. The molecular formula is C16H20N2O3. The Morgan fingerprint density at radius 1 is 1.24 bits per heavy atom. The highest BCUT2D eigenvalue weighted by atomic mass is 16.5. The Balaban J connectivity index is 1.59. The predicted molar refractivity (Wildman–Crippen MR) is 78.2 cm³/mol. The van der Waals surface area contributed by atoms with Gasteiger partial charge in [0.15, 0.2) is 5.76 Å². The molecule has 2 heterocycles. The maximum absolute atomic E-state index is 5.65. The van der Waals surface area contributed by atoms with Crippen LogP contribution in [0, 0.1) is 0 Å². The van der Waals surface area contributed by atoms with E-state index < -0.39 is 0 Å². The van der Waals surface area contributed by atoms with E-state index in [0.29, 0.717) is 6.61 Å². The Hall–Kier alpha value is -1.85. The van der Waals surface area contributed by atoms with E-state index >= 15 is 0 Å². The fraction of sp³-hybridized carbons (Fsp3) is 0.438. The van der Waals surface area contributed by atoms with Crippen LogP contribution in [0.2, 0.25) is 0 Å². The third-order valence-corrected chi connectivity index (χ3v) is 3.93. The van der Waals surface area contributed by atoms with Crippen molar-refractivity contribution in [3.8, 4) is 5.75 Å². The Bertz CT molecular complexity index is 576. The third-order valence-electron chi connectivity index (χ3n) is 3.93. The molecule has 1 aromatic carbocycles. The lowest BCUT2D eigenvalue weighted by Gasteiger charge is -2.46. The number of para-hydroxylation sites is 1. The van der Waals surface area contributed by atoms with Gasteiger partial charge in [0.05, 0.1) is 24.4 Å². The monoisotopic (exact) mass is 288 g/mol. The van der Waals surface area contributed by atoms with E-state index in [2.05, 4.69) is 24.2 Å². The summed E-state index contributed by atoms with van der Waals surface area (Å²) < 4.78 is 16.4. The zero-order valence-electron chi connectivity index (χ0n) is 12.4. The summed E-state index contributed by atoms with van der Waals surface area (Å²) in [4.78, 5) is 2.20. The van der Waals surface area contributed by atoms with Crippen LogP contribution in [0.15, 0.2) is 40.9 Å². The van der Waals surface area contributed by atoms with Crippen LogP contribution in [0.4, 0.5) is 0 Å². The highest BCUT2D eigenvalue weighted by Gasteiger charge is 2.41. The number of aromatic nitrogens is 1. The average molecular weight is 288 g/mol. The molecule has 0 radical (unpaired) electrons. The highest BCUT2D eigenvalue weighted by Crippen LogP contribution is 2.27. The lowest BCUT2D eigenvalue weighted by Crippen LogP contribution is -2.61. The molecule has 0 N–H and O–H groups in total. The minimum Gasteiger partial charge on any atom is -0.486 e. The van der Waals surface area contributed by atoms with Crippen molar-refractivity contribution in [2.45, 2.75) is 18.6 Å². The van der Waals surface area contributed by atoms with Crippen molar-refractivity contribution >= 4 is 0 Å². The number of ether oxygens (including phenoxy) is 2. The molecule has 0 unspecified atom stereocenters. The van der Waals surface area contributed by atoms with Crippen molar-refractivity contribution in [3.63, 3.8) is 0 Å². The lowest BCUT2D eigenvalue weighted by atomic mass is 9.90. The fourth-order valence-electron chi connectivity index (χ4n) is 2.37. The first-order valence-electron chi connectivity index (χ1n) is 7.05. The molecule has 3 rings (SSSR count). The normalized spacial score (nSPS) is 16.7. The first kappa shape index (κ1) is 14.1. The molecule has 2 aromatic rings. The minimum absolute atomic E-state index is 0.0500. The summed E-state index contributed by atoms with van der Waals surface area (Å²) in [5, 5.41) is 4.14. The van der Waals surface area contributed by atoms with E-state index in [4.69, 9.17) is 14.0 Å². The summed E-state index contributed by atoms with van der Waals surface area (Å²) in [6.07, 6.45) is 0.828. The number of likely N-dealkylation sites (N-methyl/N-ethyl adjacent to an activating group) is 1. The van der Waals surface area contributed by atoms with E-state index in [1.165, 1.54) is 0 Å². The summed E-state index contributed by atoms with van der Waals surface area (Å²) in [5.74, 6) is 1.57. The van der Waals surface area contributed by atoms with Crippen LogP contribution < -0.4 is 4.74 Å². The molecule has 1 saturated heterocycles. The molecule has 0 atom stereocenters. The van der Waals surface area contributed by atoms with Crippen molar-refractivity contribution in [2.75, 3.05) is 27.3 Å². The quantitative estimate of drug-likeness (QED) is 0.815. The van der Waals surface area contributed by atoms with Crippen LogP contribution in [0.5, 0.6) is 5.75 Å². The first-order chi connectivity index (χ1) is 10.2. The molecule has 0 saturated carbocycles. The minimum atomic E-state index is 0.0500. The van der Waals surface area contributed by atoms with Gasteiger partial charge in [-0.1, -0.05) is 23.4 Å². The Labute approximate surface area is 124 Å². The number of rotatable bonds is 6. The smallest absolute Gasteiger partial charge is 0.174 e. The van der Waals surface area contributed by atoms with Gasteiger partial charge in [0.25, 0.3) is 0 Å². The van der Waals surface area contributed by atoms with E-state index in [-0.39, 0.29) is 5.54 Å². The van der Waals surface area contributed by atoms with Crippen LogP contribution in [-0.2, 0) is 17.8 Å². The Morgan fingerprint density at radius 3 is 2.62 bits per heavy atom. The highest BCUT2D eigenvalue weighted by molar-refractivity contribution is 5.21. The van der Waals surface area contributed by atoms with Crippen LogP contribution >= 0.6 is 0 Å². The third kappa shape index (κ3) is 3.09. The molecule has 0 aliphatic carbocycles. The van der Waals surface area contributed by atoms with E-state index in [0.717, 1.165) is 36.8 Å². The molecule has 112 valence electrons. The molecule has 0 amide bonds. The van der Waals surface area contributed by atoms with Gasteiger partial charge in [0.1, 0.15) is 12.4 Å². The molecule has 21 heavy (non-hydrogen) atoms. The number of hydrogen-bond acceptors (Lipinski definition) is 5. The van der Waals surface area contributed by atoms with Crippen LogP contribution in [0.1, 0.15) is 11.5 Å². The van der Waals surface area contributed by atoms with Gasteiger partial charge in [-0.15, -0.1) is 0 Å². The van der Waals surface area contributed by atoms with Gasteiger partial charge >= 0.3 is 0 Å². The Morgan fingerprint density at radius 2 is 2.00 bits per heavy atom. The maximum Gasteiger partial charge on any atom is 0.174 e. The average Bonchev–Trinajstić information content (AvgIpc) is 2.89. The number of hydrogen-bond donors (Lipinski definition) is 0. The molecule has 1 fully saturated rings. The summed E-state index contributed by atoms with van der Waals surface area (Å²) in [6, 6.07) is 11.7. The zero-order valence-corrected chi connectivity index (χ0v) is 12.4. The molecule has 0 bridgehead atoms. The lowest BCUT2D eigenvalue weighted by molar-refractivity contribution is -0.124. The fourth-order valence-corrected chi connectivity index (χ4v) is 2.37. The van der Waals surface area contributed by atoms with E-state index in [1.54, 1.807) is 0 Å². The summed E-state index contributed by atoms with van der Waals surface area (Å²) >= 11 is 0. The van der Waals surface area contributed by atoms with Gasteiger partial charge < -0.3 is 14.0 Å². The largest absolute Gasteiger partial charge is 0.486 e. The van der Waals surface area contributed by atoms with Crippen LogP contribution in [-0.4, -0.2) is 42.9 Å². The molecule has 5 heteroatoms. The van der Waals surface area contributed by atoms with Gasteiger partial charge in [-0.25, -0.2) is 0 Å². The molecule has 5 nitrogen and oxygen atoms in total. The molecular weight excluding hydrogens is 268 g/mol. The summed E-state index contributed by atoms with van der Waals surface area (Å²) in [6.45, 7) is 1.87. The van der Waals surface area contributed by atoms with E-state index in [1.807, 2.05) is 36.4 Å². The van der Waals surface area contributed by atoms with Gasteiger partial charge in [0, 0.05) is 12.5 Å². The van der Waals surface area contributed by atoms with E-state index in [9.17, 15) is 0 Å². The zero-order chi connectivity index (χ0) is 14.7.